The minimum atomic E-state index is -4.39. The molecule has 2 fully saturated rings. The van der Waals surface area contributed by atoms with Gasteiger partial charge in [0.05, 0.1) is 5.70 Å². The maximum atomic E-state index is 12.2. The standard InChI is InChI=1S/C19H30N2.C16H19F3N2O.C7H8/c1-16-5-7-18(8-6-16)15-20-12-9-19(10-13-20)21-11-3-4-17(2)14-21;1-6-12(7-10(4)9(2)3)21-13-11(5)15(22)14(13)20-8-16(17,18)19;1-7-5-3-2-4-6-7/h5-8,17,19H,3-4,9-15H2,1-2H3;6-7,20-21H,2,5,8H2,1,3-4H3;2-6H,1H3/b;10-7-,12-6+;. The molecule has 1 atom stereocenters. The van der Waals surface area contributed by atoms with Crippen molar-refractivity contribution in [2.75, 3.05) is 32.7 Å². The van der Waals surface area contributed by atoms with E-state index in [4.69, 9.17) is 0 Å². The molecular weight excluding hydrogens is 633 g/mol. The quantitative estimate of drug-likeness (QED) is 0.203. The second kappa shape index (κ2) is 19.5. The molecule has 3 aliphatic rings. The summed E-state index contributed by atoms with van der Waals surface area (Å²) in [6, 6.07) is 20.1. The van der Waals surface area contributed by atoms with E-state index in [1.165, 1.54) is 68.6 Å². The Morgan fingerprint density at radius 1 is 0.940 bits per heavy atom. The highest BCUT2D eigenvalue weighted by Crippen LogP contribution is 2.28. The lowest BCUT2D eigenvalue weighted by atomic mass is 9.92. The van der Waals surface area contributed by atoms with Gasteiger partial charge in [-0.1, -0.05) is 97.5 Å². The summed E-state index contributed by atoms with van der Waals surface area (Å²) in [5.74, 6) is 0.396. The molecule has 2 aliphatic heterocycles. The van der Waals surface area contributed by atoms with E-state index < -0.39 is 18.5 Å². The fourth-order valence-electron chi connectivity index (χ4n) is 6.14. The predicted octanol–water partition coefficient (Wildman–Crippen LogP) is 9.19. The van der Waals surface area contributed by atoms with Crippen LogP contribution in [0.15, 0.2) is 114 Å². The Kier molecular flexibility index (Phi) is 15.8. The number of rotatable bonds is 9. The van der Waals surface area contributed by atoms with Crippen molar-refractivity contribution < 1.29 is 18.0 Å². The summed E-state index contributed by atoms with van der Waals surface area (Å²) < 4.78 is 36.7. The van der Waals surface area contributed by atoms with Crippen LogP contribution in [0.4, 0.5) is 13.2 Å². The van der Waals surface area contributed by atoms with Gasteiger partial charge in [-0.3, -0.25) is 9.69 Å². The molecular formula is C42H57F3N4O. The molecule has 50 heavy (non-hydrogen) atoms. The zero-order valence-corrected chi connectivity index (χ0v) is 30.9. The maximum Gasteiger partial charge on any atom is 0.405 e. The molecule has 8 heteroatoms. The van der Waals surface area contributed by atoms with Crippen molar-refractivity contribution in [3.63, 3.8) is 0 Å². The van der Waals surface area contributed by atoms with Gasteiger partial charge >= 0.3 is 6.18 Å². The second-order valence-electron chi connectivity index (χ2n) is 13.9. The van der Waals surface area contributed by atoms with Crippen molar-refractivity contribution in [3.05, 3.63) is 130 Å². The molecule has 1 aliphatic carbocycles. The Labute approximate surface area is 298 Å². The Bertz CT molecular complexity index is 1510. The van der Waals surface area contributed by atoms with Crippen LogP contribution in [0.25, 0.3) is 0 Å². The summed E-state index contributed by atoms with van der Waals surface area (Å²) in [6.07, 6.45) is 4.71. The Morgan fingerprint density at radius 2 is 1.56 bits per heavy atom. The summed E-state index contributed by atoms with van der Waals surface area (Å²) in [7, 11) is 0. The van der Waals surface area contributed by atoms with Crippen LogP contribution in [0, 0.1) is 19.8 Å². The third-order valence-corrected chi connectivity index (χ3v) is 9.37. The van der Waals surface area contributed by atoms with E-state index in [1.54, 1.807) is 19.1 Å². The number of benzene rings is 2. The summed E-state index contributed by atoms with van der Waals surface area (Å²) in [5, 5.41) is 5.04. The minimum absolute atomic E-state index is 0.0944. The van der Waals surface area contributed by atoms with Crippen molar-refractivity contribution in [2.24, 2.45) is 5.92 Å². The van der Waals surface area contributed by atoms with Crippen LogP contribution >= 0.6 is 0 Å². The molecule has 2 saturated heterocycles. The van der Waals surface area contributed by atoms with E-state index in [-0.39, 0.29) is 17.0 Å². The first kappa shape index (κ1) is 40.5. The maximum absolute atomic E-state index is 12.2. The number of nitrogens with zero attached hydrogens (tertiary/aromatic N) is 2. The number of carbonyl (C=O) groups is 1. The largest absolute Gasteiger partial charge is 0.405 e. The third-order valence-electron chi connectivity index (χ3n) is 9.37. The van der Waals surface area contributed by atoms with Gasteiger partial charge in [0.2, 0.25) is 5.78 Å². The summed E-state index contributed by atoms with van der Waals surface area (Å²) in [5.41, 5.74) is 6.93. The van der Waals surface area contributed by atoms with E-state index >= 15 is 0 Å². The molecule has 0 saturated carbocycles. The first-order valence-electron chi connectivity index (χ1n) is 17.8. The normalized spacial score (nSPS) is 19.5. The second-order valence-corrected chi connectivity index (χ2v) is 13.9. The zero-order valence-electron chi connectivity index (χ0n) is 30.9. The van der Waals surface area contributed by atoms with E-state index in [9.17, 15) is 18.0 Å². The number of hydrogen-bond donors (Lipinski definition) is 2. The lowest BCUT2D eigenvalue weighted by Crippen LogP contribution is -2.47. The van der Waals surface area contributed by atoms with Crippen molar-refractivity contribution in [1.82, 2.24) is 20.4 Å². The molecule has 2 aromatic carbocycles. The molecule has 2 N–H and O–H groups in total. The number of halogens is 3. The smallest absolute Gasteiger partial charge is 0.372 e. The van der Waals surface area contributed by atoms with Gasteiger partial charge in [-0.2, -0.15) is 13.2 Å². The Hall–Kier alpha value is -3.88. The number of nitrogens with one attached hydrogen (secondary N) is 2. The molecule has 0 bridgehead atoms. The highest BCUT2D eigenvalue weighted by Gasteiger charge is 2.36. The number of alkyl halides is 3. The van der Waals surface area contributed by atoms with Crippen LogP contribution in [0.5, 0.6) is 0 Å². The van der Waals surface area contributed by atoms with E-state index in [0.29, 0.717) is 5.70 Å². The van der Waals surface area contributed by atoms with Crippen LogP contribution in [-0.4, -0.2) is 60.5 Å². The fourth-order valence-corrected chi connectivity index (χ4v) is 6.14. The number of allylic oxidation sites excluding steroid dienone is 6. The third kappa shape index (κ3) is 13.4. The predicted molar refractivity (Wildman–Crippen MR) is 201 cm³/mol. The molecule has 5 rings (SSSR count). The molecule has 272 valence electrons. The molecule has 0 amide bonds. The van der Waals surface area contributed by atoms with E-state index in [0.717, 1.165) is 29.7 Å². The number of Topliss-reactive ketones (excluding diaryl/α,β-unsaturated/α-hetero) is 1. The van der Waals surface area contributed by atoms with Gasteiger partial charge in [0, 0.05) is 30.4 Å². The molecule has 0 radical (unpaired) electrons. The number of carbonyl (C=O) groups excluding carboxylic acids is 1. The summed E-state index contributed by atoms with van der Waals surface area (Å²) in [6.45, 7) is 24.6. The molecule has 0 spiro atoms. The molecule has 5 nitrogen and oxygen atoms in total. The van der Waals surface area contributed by atoms with E-state index in [1.807, 2.05) is 32.0 Å². The molecule has 2 aromatic rings. The monoisotopic (exact) mass is 690 g/mol. The summed E-state index contributed by atoms with van der Waals surface area (Å²) >= 11 is 0. The van der Waals surface area contributed by atoms with Crippen molar-refractivity contribution in [3.8, 4) is 0 Å². The Morgan fingerprint density at radius 3 is 2.08 bits per heavy atom. The Balaban J connectivity index is 0.000000226. The lowest BCUT2D eigenvalue weighted by molar-refractivity contribution is -0.125. The number of hydrogen-bond acceptors (Lipinski definition) is 5. The fraction of sp³-hybridized carbons (Fsp3) is 0.452. The highest BCUT2D eigenvalue weighted by atomic mass is 19.4. The van der Waals surface area contributed by atoms with Gasteiger partial charge in [0.15, 0.2) is 0 Å². The average Bonchev–Trinajstić information content (AvgIpc) is 3.08. The highest BCUT2D eigenvalue weighted by molar-refractivity contribution is 6.19. The molecule has 0 aromatic heterocycles. The number of piperidine rings is 2. The molecule has 1 unspecified atom stereocenters. The lowest BCUT2D eigenvalue weighted by Gasteiger charge is -2.41. The minimum Gasteiger partial charge on any atom is -0.372 e. The SMILES string of the molecule is C=C1C(=O)C(NCC(F)(F)F)=C1NC(/C=C(/C)C(=C)C)=C/C.Cc1ccc(CN2CCC(N3CCCC(C)C3)CC2)cc1.Cc1ccccc1. The molecule has 2 heterocycles. The average molecular weight is 691 g/mol. The van der Waals surface area contributed by atoms with Gasteiger partial charge in [-0.25, -0.2) is 0 Å². The van der Waals surface area contributed by atoms with Gasteiger partial charge < -0.3 is 15.5 Å². The van der Waals surface area contributed by atoms with Crippen LogP contribution in [0.1, 0.15) is 70.1 Å². The first-order valence-corrected chi connectivity index (χ1v) is 17.8. The van der Waals surface area contributed by atoms with E-state index in [2.05, 4.69) is 90.8 Å². The van der Waals surface area contributed by atoms with Crippen LogP contribution in [0.2, 0.25) is 0 Å². The first-order chi connectivity index (χ1) is 23.7. The van der Waals surface area contributed by atoms with Gasteiger partial charge in [0.25, 0.3) is 0 Å². The van der Waals surface area contributed by atoms with Crippen LogP contribution in [0.3, 0.4) is 0 Å². The topological polar surface area (TPSA) is 47.6 Å². The van der Waals surface area contributed by atoms with Gasteiger partial charge in [0.1, 0.15) is 12.2 Å². The number of likely N-dealkylation sites (tertiary alicyclic amines) is 2. The van der Waals surface area contributed by atoms with Crippen molar-refractivity contribution >= 4 is 5.78 Å². The van der Waals surface area contributed by atoms with Crippen LogP contribution < -0.4 is 10.6 Å². The number of aryl methyl sites for hydroxylation is 2. The van der Waals surface area contributed by atoms with Crippen molar-refractivity contribution in [2.45, 2.75) is 86.0 Å². The summed E-state index contributed by atoms with van der Waals surface area (Å²) in [4.78, 5) is 17.0. The van der Waals surface area contributed by atoms with Gasteiger partial charge in [-0.15, -0.1) is 0 Å². The van der Waals surface area contributed by atoms with Crippen LogP contribution in [-0.2, 0) is 11.3 Å². The number of ketones is 1. The van der Waals surface area contributed by atoms with Gasteiger partial charge in [-0.05, 0) is 103 Å². The van der Waals surface area contributed by atoms with Crippen molar-refractivity contribution in [1.29, 1.82) is 0 Å². The zero-order chi connectivity index (χ0) is 36.8.